The van der Waals surface area contributed by atoms with Crippen LogP contribution in [-0.2, 0) is 6.54 Å². The first-order chi connectivity index (χ1) is 9.11. The summed E-state index contributed by atoms with van der Waals surface area (Å²) in [4.78, 5) is 0. The Bertz CT molecular complexity index is 579. The van der Waals surface area contributed by atoms with Crippen LogP contribution in [0.25, 0.3) is 11.1 Å². The first-order valence-electron chi connectivity index (χ1n) is 6.37. The minimum absolute atomic E-state index is 0.306. The fourth-order valence-electron chi connectivity index (χ4n) is 1.98. The summed E-state index contributed by atoms with van der Waals surface area (Å²) in [6, 6.07) is 9.70. The van der Waals surface area contributed by atoms with Crippen molar-refractivity contribution in [3.63, 3.8) is 0 Å². The Hall–Kier alpha value is -1.74. The third-order valence-electron chi connectivity index (χ3n) is 3.05. The normalized spacial score (nSPS) is 10.7. The van der Waals surface area contributed by atoms with Crippen LogP contribution < -0.4 is 5.32 Å². The quantitative estimate of drug-likeness (QED) is 0.875. The molecule has 2 aromatic carbocycles. The number of hydrogen-bond acceptors (Lipinski definition) is 1. The van der Waals surface area contributed by atoms with Crippen molar-refractivity contribution in [1.82, 2.24) is 5.32 Å². The van der Waals surface area contributed by atoms with Gasteiger partial charge in [-0.3, -0.25) is 0 Å². The van der Waals surface area contributed by atoms with E-state index in [1.807, 2.05) is 13.8 Å². The lowest BCUT2D eigenvalue weighted by molar-refractivity contribution is 0.593. The smallest absolute Gasteiger partial charge is 0.131 e. The summed E-state index contributed by atoms with van der Waals surface area (Å²) in [5.41, 5.74) is 2.56. The van der Waals surface area contributed by atoms with Gasteiger partial charge in [0.15, 0.2) is 0 Å². The van der Waals surface area contributed by atoms with Gasteiger partial charge >= 0.3 is 0 Å². The van der Waals surface area contributed by atoms with E-state index in [0.29, 0.717) is 23.2 Å². The highest BCUT2D eigenvalue weighted by Crippen LogP contribution is 2.25. The molecule has 0 aromatic heterocycles. The van der Waals surface area contributed by atoms with Gasteiger partial charge in [0.05, 0.1) is 0 Å². The number of aryl methyl sites for hydroxylation is 1. The molecule has 1 nitrogen and oxygen atoms in total. The molecule has 19 heavy (non-hydrogen) atoms. The number of nitrogens with one attached hydrogen (secondary N) is 1. The Morgan fingerprint density at radius 3 is 2.47 bits per heavy atom. The lowest BCUT2D eigenvalue weighted by atomic mass is 10.0. The van der Waals surface area contributed by atoms with Gasteiger partial charge in [0.1, 0.15) is 11.6 Å². The van der Waals surface area contributed by atoms with Gasteiger partial charge in [-0.1, -0.05) is 30.7 Å². The van der Waals surface area contributed by atoms with E-state index >= 15 is 0 Å². The molecule has 2 rings (SSSR count). The van der Waals surface area contributed by atoms with Crippen LogP contribution in [0.3, 0.4) is 0 Å². The van der Waals surface area contributed by atoms with E-state index in [-0.39, 0.29) is 11.6 Å². The number of rotatable bonds is 4. The van der Waals surface area contributed by atoms with Crippen LogP contribution in [0.1, 0.15) is 18.1 Å². The lowest BCUT2D eigenvalue weighted by Crippen LogP contribution is -2.12. The molecule has 0 aliphatic heterocycles. The maximum absolute atomic E-state index is 13.9. The molecule has 0 amide bonds. The van der Waals surface area contributed by atoms with E-state index in [1.54, 1.807) is 24.3 Å². The molecule has 0 heterocycles. The molecule has 0 atom stereocenters. The predicted octanol–water partition coefficient (Wildman–Crippen LogP) is 4.05. The number of hydrogen-bond donors (Lipinski definition) is 1. The van der Waals surface area contributed by atoms with E-state index < -0.39 is 0 Å². The van der Waals surface area contributed by atoms with Gasteiger partial charge in [0.2, 0.25) is 0 Å². The highest BCUT2D eigenvalue weighted by molar-refractivity contribution is 5.65. The van der Waals surface area contributed by atoms with Crippen LogP contribution in [0.15, 0.2) is 36.4 Å². The van der Waals surface area contributed by atoms with Crippen molar-refractivity contribution in [2.24, 2.45) is 0 Å². The molecule has 0 fully saturated rings. The van der Waals surface area contributed by atoms with E-state index in [2.05, 4.69) is 5.32 Å². The van der Waals surface area contributed by atoms with Gasteiger partial charge in [0.25, 0.3) is 0 Å². The molecule has 100 valence electrons. The second-order valence-electron chi connectivity index (χ2n) is 4.57. The summed E-state index contributed by atoms with van der Waals surface area (Å²) in [6.45, 7) is 5.12. The fourth-order valence-corrected chi connectivity index (χ4v) is 1.98. The van der Waals surface area contributed by atoms with Crippen molar-refractivity contribution in [1.29, 1.82) is 0 Å². The highest BCUT2D eigenvalue weighted by atomic mass is 19.1. The van der Waals surface area contributed by atoms with Crippen LogP contribution in [0.4, 0.5) is 8.78 Å². The first-order valence-corrected chi connectivity index (χ1v) is 6.37. The molecule has 1 N–H and O–H groups in total. The van der Waals surface area contributed by atoms with Crippen LogP contribution in [-0.4, -0.2) is 6.54 Å². The SMILES string of the molecule is CCNCc1ccc(-c2cc(C)ccc2F)cc1F. The highest BCUT2D eigenvalue weighted by Gasteiger charge is 2.08. The van der Waals surface area contributed by atoms with Crippen LogP contribution in [0.5, 0.6) is 0 Å². The maximum Gasteiger partial charge on any atom is 0.131 e. The molecular weight excluding hydrogens is 244 g/mol. The van der Waals surface area contributed by atoms with E-state index in [9.17, 15) is 8.78 Å². The average Bonchev–Trinajstić information content (AvgIpc) is 2.40. The zero-order valence-electron chi connectivity index (χ0n) is 11.1. The Labute approximate surface area is 112 Å². The van der Waals surface area contributed by atoms with Crippen molar-refractivity contribution in [3.05, 3.63) is 59.2 Å². The van der Waals surface area contributed by atoms with Gasteiger partial charge in [-0.25, -0.2) is 8.78 Å². The summed E-state index contributed by atoms with van der Waals surface area (Å²) in [5, 5.41) is 3.07. The van der Waals surface area contributed by atoms with Gasteiger partial charge in [-0.2, -0.15) is 0 Å². The molecule has 0 bridgehead atoms. The van der Waals surface area contributed by atoms with E-state index in [4.69, 9.17) is 0 Å². The van der Waals surface area contributed by atoms with Crippen LogP contribution in [0.2, 0.25) is 0 Å². The second-order valence-corrected chi connectivity index (χ2v) is 4.57. The Morgan fingerprint density at radius 1 is 1.00 bits per heavy atom. The Morgan fingerprint density at radius 2 is 1.79 bits per heavy atom. The average molecular weight is 261 g/mol. The number of halogens is 2. The van der Waals surface area contributed by atoms with E-state index in [1.165, 1.54) is 12.1 Å². The van der Waals surface area contributed by atoms with Gasteiger partial charge in [-0.05, 0) is 37.2 Å². The van der Waals surface area contributed by atoms with Crippen molar-refractivity contribution >= 4 is 0 Å². The maximum atomic E-state index is 13.9. The minimum Gasteiger partial charge on any atom is -0.313 e. The third-order valence-corrected chi connectivity index (χ3v) is 3.05. The van der Waals surface area contributed by atoms with Crippen molar-refractivity contribution in [3.8, 4) is 11.1 Å². The van der Waals surface area contributed by atoms with Crippen LogP contribution >= 0.6 is 0 Å². The minimum atomic E-state index is -0.329. The monoisotopic (exact) mass is 261 g/mol. The number of benzene rings is 2. The molecule has 0 unspecified atom stereocenters. The van der Waals surface area contributed by atoms with Gasteiger partial charge in [0, 0.05) is 17.7 Å². The second kappa shape index (κ2) is 5.93. The summed E-state index contributed by atoms with van der Waals surface area (Å²) in [5.74, 6) is -0.635. The third kappa shape index (κ3) is 3.18. The molecule has 0 saturated heterocycles. The van der Waals surface area contributed by atoms with Gasteiger partial charge in [-0.15, -0.1) is 0 Å². The molecule has 0 saturated carbocycles. The summed E-state index contributed by atoms with van der Waals surface area (Å²) < 4.78 is 27.7. The standard InChI is InChI=1S/C16H17F2N/c1-3-19-10-13-6-5-12(9-16(13)18)14-8-11(2)4-7-15(14)17/h4-9,19H,3,10H2,1-2H3. The summed E-state index contributed by atoms with van der Waals surface area (Å²) in [6.07, 6.45) is 0. The largest absolute Gasteiger partial charge is 0.313 e. The van der Waals surface area contributed by atoms with Crippen molar-refractivity contribution < 1.29 is 8.78 Å². The van der Waals surface area contributed by atoms with Crippen LogP contribution in [0, 0.1) is 18.6 Å². The topological polar surface area (TPSA) is 12.0 Å². The lowest BCUT2D eigenvalue weighted by Gasteiger charge is -2.08. The molecule has 2 aromatic rings. The van der Waals surface area contributed by atoms with Crippen molar-refractivity contribution in [2.75, 3.05) is 6.54 Å². The summed E-state index contributed by atoms with van der Waals surface area (Å²) in [7, 11) is 0. The fraction of sp³-hybridized carbons (Fsp3) is 0.250. The molecule has 0 spiro atoms. The van der Waals surface area contributed by atoms with Crippen molar-refractivity contribution in [2.45, 2.75) is 20.4 Å². The molecule has 0 radical (unpaired) electrons. The zero-order valence-corrected chi connectivity index (χ0v) is 11.1. The first kappa shape index (κ1) is 13.7. The Balaban J connectivity index is 2.36. The van der Waals surface area contributed by atoms with Gasteiger partial charge < -0.3 is 5.32 Å². The molecule has 0 aliphatic carbocycles. The molecule has 0 aliphatic rings. The summed E-state index contributed by atoms with van der Waals surface area (Å²) >= 11 is 0. The molecule has 3 heteroatoms. The zero-order chi connectivity index (χ0) is 13.8. The molecular formula is C16H17F2N. The Kier molecular flexibility index (Phi) is 4.27. The predicted molar refractivity (Wildman–Crippen MR) is 73.9 cm³/mol. The van der Waals surface area contributed by atoms with E-state index in [0.717, 1.165) is 12.1 Å².